The molecule has 0 amide bonds. The summed E-state index contributed by atoms with van der Waals surface area (Å²) in [5.41, 5.74) is 5.59. The fourth-order valence-corrected chi connectivity index (χ4v) is 1.84. The van der Waals surface area contributed by atoms with Crippen LogP contribution >= 0.6 is 11.6 Å². The number of aromatic nitrogens is 2. The monoisotopic (exact) mass is 317 g/mol. The molecule has 0 unspecified atom stereocenters. The fraction of sp³-hybridized carbons (Fsp3) is 0.231. The predicted octanol–water partition coefficient (Wildman–Crippen LogP) is 4.14. The molecule has 2 aromatic rings. The second-order valence-electron chi connectivity index (χ2n) is 4.42. The molecule has 0 atom stereocenters. The number of alkyl halides is 3. The van der Waals surface area contributed by atoms with Gasteiger partial charge in [-0.3, -0.25) is 0 Å². The average Bonchev–Trinajstić information content (AvgIpc) is 2.34. The van der Waals surface area contributed by atoms with E-state index in [1.165, 1.54) is 0 Å². The number of hydrogen-bond acceptors (Lipinski definition) is 4. The molecule has 0 spiro atoms. The van der Waals surface area contributed by atoms with E-state index < -0.39 is 17.8 Å². The summed E-state index contributed by atoms with van der Waals surface area (Å²) in [6, 6.07) is 3.89. The van der Waals surface area contributed by atoms with Gasteiger partial charge in [-0.1, -0.05) is 11.6 Å². The van der Waals surface area contributed by atoms with E-state index in [2.05, 4.69) is 9.97 Å². The lowest BCUT2D eigenvalue weighted by molar-refractivity contribution is -0.141. The lowest BCUT2D eigenvalue weighted by Gasteiger charge is -2.11. The van der Waals surface area contributed by atoms with E-state index >= 15 is 0 Å². The number of anilines is 1. The van der Waals surface area contributed by atoms with Crippen LogP contribution < -0.4 is 10.5 Å². The second-order valence-corrected chi connectivity index (χ2v) is 4.80. The van der Waals surface area contributed by atoms with Gasteiger partial charge in [0.15, 0.2) is 5.69 Å². The third-order valence-electron chi connectivity index (χ3n) is 2.64. The highest BCUT2D eigenvalue weighted by Crippen LogP contribution is 2.32. The van der Waals surface area contributed by atoms with Crippen LogP contribution in [0, 0.1) is 13.8 Å². The van der Waals surface area contributed by atoms with Crippen LogP contribution in [0.1, 0.15) is 16.8 Å². The van der Waals surface area contributed by atoms with E-state index in [0.717, 1.165) is 11.1 Å². The van der Waals surface area contributed by atoms with Crippen molar-refractivity contribution in [2.24, 2.45) is 0 Å². The number of nitrogens with two attached hydrogens (primary N) is 1. The highest BCUT2D eigenvalue weighted by molar-refractivity contribution is 6.32. The Morgan fingerprint density at radius 1 is 1.10 bits per heavy atom. The number of benzene rings is 1. The molecule has 1 aromatic carbocycles. The molecule has 4 nitrogen and oxygen atoms in total. The van der Waals surface area contributed by atoms with Gasteiger partial charge < -0.3 is 10.5 Å². The molecular formula is C13H11ClF3N3O. The smallest absolute Gasteiger partial charge is 0.433 e. The molecule has 0 bridgehead atoms. The van der Waals surface area contributed by atoms with Crippen LogP contribution in [0.4, 0.5) is 19.1 Å². The Hall–Kier alpha value is -2.02. The highest BCUT2D eigenvalue weighted by Gasteiger charge is 2.33. The van der Waals surface area contributed by atoms with Crippen LogP contribution in [0.15, 0.2) is 18.2 Å². The Morgan fingerprint density at radius 2 is 1.67 bits per heavy atom. The molecule has 0 saturated carbocycles. The average molecular weight is 318 g/mol. The number of rotatable bonds is 2. The Labute approximate surface area is 123 Å². The quantitative estimate of drug-likeness (QED) is 0.904. The first kappa shape index (κ1) is 15.4. The van der Waals surface area contributed by atoms with E-state index in [1.54, 1.807) is 26.0 Å². The van der Waals surface area contributed by atoms with Crippen LogP contribution in [0.3, 0.4) is 0 Å². The SMILES string of the molecule is Cc1cc(Oc2cc(C(F)(F)F)nc(N)n2)cc(C)c1Cl. The minimum Gasteiger partial charge on any atom is -0.439 e. The molecular weight excluding hydrogens is 307 g/mol. The molecule has 0 aliphatic carbocycles. The molecule has 2 rings (SSSR count). The van der Waals surface area contributed by atoms with E-state index in [0.29, 0.717) is 16.8 Å². The van der Waals surface area contributed by atoms with Gasteiger partial charge in [0.2, 0.25) is 11.8 Å². The maximum Gasteiger partial charge on any atom is 0.433 e. The number of ether oxygens (including phenoxy) is 1. The first-order valence-corrected chi connectivity index (χ1v) is 6.21. The molecule has 2 N–H and O–H groups in total. The van der Waals surface area contributed by atoms with Gasteiger partial charge >= 0.3 is 6.18 Å². The lowest BCUT2D eigenvalue weighted by Crippen LogP contribution is -2.11. The second kappa shape index (κ2) is 5.40. The van der Waals surface area contributed by atoms with Gasteiger partial charge in [-0.05, 0) is 37.1 Å². The molecule has 1 heterocycles. The summed E-state index contributed by atoms with van der Waals surface area (Å²) >= 11 is 6.01. The van der Waals surface area contributed by atoms with Crippen LogP contribution in [-0.2, 0) is 6.18 Å². The number of nitrogen functional groups attached to an aromatic ring is 1. The van der Waals surface area contributed by atoms with Gasteiger partial charge in [0.05, 0.1) is 0 Å². The maximum absolute atomic E-state index is 12.6. The molecule has 0 radical (unpaired) electrons. The largest absolute Gasteiger partial charge is 0.439 e. The Morgan fingerprint density at radius 3 is 2.19 bits per heavy atom. The summed E-state index contributed by atoms with van der Waals surface area (Å²) < 4.78 is 43.3. The Balaban J connectivity index is 2.38. The van der Waals surface area contributed by atoms with Gasteiger partial charge in [-0.25, -0.2) is 4.98 Å². The summed E-state index contributed by atoms with van der Waals surface area (Å²) in [4.78, 5) is 6.77. The predicted molar refractivity (Wildman–Crippen MR) is 72.4 cm³/mol. The van der Waals surface area contributed by atoms with E-state index in [1.807, 2.05) is 0 Å². The van der Waals surface area contributed by atoms with Crippen molar-refractivity contribution in [1.29, 1.82) is 0 Å². The summed E-state index contributed by atoms with van der Waals surface area (Å²) in [6.45, 7) is 3.52. The van der Waals surface area contributed by atoms with Gasteiger partial charge in [-0.2, -0.15) is 18.2 Å². The third kappa shape index (κ3) is 3.55. The van der Waals surface area contributed by atoms with E-state index in [9.17, 15) is 13.2 Å². The number of hydrogen-bond donors (Lipinski definition) is 1. The van der Waals surface area contributed by atoms with Crippen LogP contribution in [0.25, 0.3) is 0 Å². The molecule has 1 aromatic heterocycles. The summed E-state index contributed by atoms with van der Waals surface area (Å²) in [5.74, 6) is -0.473. The van der Waals surface area contributed by atoms with Crippen molar-refractivity contribution in [3.05, 3.63) is 40.0 Å². The molecule has 21 heavy (non-hydrogen) atoms. The zero-order valence-electron chi connectivity index (χ0n) is 11.1. The van der Waals surface area contributed by atoms with Crippen molar-refractivity contribution in [2.45, 2.75) is 20.0 Å². The number of halogens is 4. The number of aryl methyl sites for hydroxylation is 2. The summed E-state index contributed by atoms with van der Waals surface area (Å²) in [5, 5.41) is 0.570. The maximum atomic E-state index is 12.6. The Bertz CT molecular complexity index is 666. The molecule has 0 aliphatic heterocycles. The van der Waals surface area contributed by atoms with Crippen molar-refractivity contribution >= 4 is 17.5 Å². The van der Waals surface area contributed by atoms with Gasteiger partial charge in [0.25, 0.3) is 0 Å². The van der Waals surface area contributed by atoms with Crippen LogP contribution in [0.2, 0.25) is 5.02 Å². The van der Waals surface area contributed by atoms with Crippen molar-refractivity contribution in [2.75, 3.05) is 5.73 Å². The van der Waals surface area contributed by atoms with Crippen molar-refractivity contribution in [3.63, 3.8) is 0 Å². The Kier molecular flexibility index (Phi) is 3.95. The number of nitrogens with zero attached hydrogens (tertiary/aromatic N) is 2. The first-order chi connectivity index (χ1) is 9.66. The molecule has 112 valence electrons. The highest BCUT2D eigenvalue weighted by atomic mass is 35.5. The summed E-state index contributed by atoms with van der Waals surface area (Å²) in [7, 11) is 0. The topological polar surface area (TPSA) is 61.0 Å². The van der Waals surface area contributed by atoms with Crippen molar-refractivity contribution < 1.29 is 17.9 Å². The lowest BCUT2D eigenvalue weighted by atomic mass is 10.1. The minimum absolute atomic E-state index is 0.282. The van der Waals surface area contributed by atoms with Crippen LogP contribution in [-0.4, -0.2) is 9.97 Å². The van der Waals surface area contributed by atoms with Crippen LogP contribution in [0.5, 0.6) is 11.6 Å². The van der Waals surface area contributed by atoms with Crippen molar-refractivity contribution in [3.8, 4) is 11.6 Å². The minimum atomic E-state index is -4.62. The van der Waals surface area contributed by atoms with Gasteiger partial charge in [-0.15, -0.1) is 0 Å². The van der Waals surface area contributed by atoms with E-state index in [4.69, 9.17) is 22.1 Å². The van der Waals surface area contributed by atoms with Gasteiger partial charge in [0, 0.05) is 11.1 Å². The molecule has 0 fully saturated rings. The zero-order chi connectivity index (χ0) is 15.8. The normalized spacial score (nSPS) is 11.5. The third-order valence-corrected chi connectivity index (χ3v) is 3.24. The standard InChI is InChI=1S/C13H11ClF3N3O/c1-6-3-8(4-7(2)11(6)14)21-10-5-9(13(15,16)17)19-12(18)20-10/h3-5H,1-2H3,(H2,18,19,20). The summed E-state index contributed by atoms with van der Waals surface area (Å²) in [6.07, 6.45) is -4.62. The fourth-order valence-electron chi connectivity index (χ4n) is 1.73. The molecule has 8 heteroatoms. The molecule has 0 aliphatic rings. The first-order valence-electron chi connectivity index (χ1n) is 5.83. The zero-order valence-corrected chi connectivity index (χ0v) is 11.9. The van der Waals surface area contributed by atoms with Crippen molar-refractivity contribution in [1.82, 2.24) is 9.97 Å². The van der Waals surface area contributed by atoms with E-state index in [-0.39, 0.29) is 5.88 Å². The van der Waals surface area contributed by atoms with Gasteiger partial charge in [0.1, 0.15) is 5.75 Å². The molecule has 0 saturated heterocycles.